The number of hydrogen-bond donors (Lipinski definition) is 1. The Bertz CT molecular complexity index is 444. The number of nitro benzene ring substituents is 1. The summed E-state index contributed by atoms with van der Waals surface area (Å²) < 4.78 is 0.691. The number of hydrogen-bond acceptors (Lipinski definition) is 4. The van der Waals surface area contributed by atoms with Crippen LogP contribution >= 0.6 is 15.9 Å². The monoisotopic (exact) mass is 286 g/mol. The van der Waals surface area contributed by atoms with Crippen molar-refractivity contribution in [1.82, 2.24) is 0 Å². The lowest BCUT2D eigenvalue weighted by molar-refractivity contribution is -0.385. The maximum Gasteiger partial charge on any atom is 0.273 e. The van der Waals surface area contributed by atoms with Gasteiger partial charge in [0.1, 0.15) is 0 Å². The molecular weight excluding hydrogens is 276 g/mol. The van der Waals surface area contributed by atoms with Crippen molar-refractivity contribution in [2.75, 3.05) is 18.0 Å². The highest BCUT2D eigenvalue weighted by Gasteiger charge is 2.27. The van der Waals surface area contributed by atoms with Crippen LogP contribution in [0.5, 0.6) is 0 Å². The highest BCUT2D eigenvalue weighted by Crippen LogP contribution is 2.35. The summed E-state index contributed by atoms with van der Waals surface area (Å²) in [7, 11) is 0. The molecule has 6 heteroatoms. The molecule has 1 saturated heterocycles. The molecule has 2 rings (SSSR count). The van der Waals surface area contributed by atoms with E-state index in [9.17, 15) is 15.2 Å². The molecule has 1 fully saturated rings. The lowest BCUT2D eigenvalue weighted by atomic mass is 10.1. The lowest BCUT2D eigenvalue weighted by Crippen LogP contribution is -2.51. The third-order valence-electron chi connectivity index (χ3n) is 2.67. The molecule has 1 heterocycles. The van der Waals surface area contributed by atoms with Crippen LogP contribution in [0, 0.1) is 17.0 Å². The molecule has 0 radical (unpaired) electrons. The summed E-state index contributed by atoms with van der Waals surface area (Å²) >= 11 is 3.32. The molecule has 0 saturated carbocycles. The van der Waals surface area contributed by atoms with E-state index in [1.807, 2.05) is 4.90 Å². The Morgan fingerprint density at radius 1 is 1.56 bits per heavy atom. The SMILES string of the molecule is Cc1cc(N2CC(O)C2)c(Br)cc1[N+](=O)[O-]. The first-order valence-electron chi connectivity index (χ1n) is 4.86. The lowest BCUT2D eigenvalue weighted by Gasteiger charge is -2.38. The average Bonchev–Trinajstić information content (AvgIpc) is 2.16. The first kappa shape index (κ1) is 11.3. The Morgan fingerprint density at radius 2 is 2.19 bits per heavy atom. The molecule has 0 atom stereocenters. The number of rotatable bonds is 2. The molecular formula is C10H11BrN2O3. The van der Waals surface area contributed by atoms with Crippen molar-refractivity contribution in [2.45, 2.75) is 13.0 Å². The maximum atomic E-state index is 10.7. The predicted molar refractivity (Wildman–Crippen MR) is 63.8 cm³/mol. The number of β-amino-alcohol motifs (C(OH)–C–C–N with tert-alkyl or cyclic N) is 1. The molecule has 0 aliphatic carbocycles. The molecule has 1 N–H and O–H groups in total. The van der Waals surface area contributed by atoms with Crippen LogP contribution in [0.25, 0.3) is 0 Å². The highest BCUT2D eigenvalue weighted by atomic mass is 79.9. The summed E-state index contributed by atoms with van der Waals surface area (Å²) in [5.41, 5.74) is 1.63. The second kappa shape index (κ2) is 4.03. The van der Waals surface area contributed by atoms with E-state index in [2.05, 4.69) is 15.9 Å². The van der Waals surface area contributed by atoms with Crippen molar-refractivity contribution in [2.24, 2.45) is 0 Å². The number of nitrogens with zero attached hydrogens (tertiary/aromatic N) is 2. The van der Waals surface area contributed by atoms with Gasteiger partial charge in [-0.15, -0.1) is 0 Å². The quantitative estimate of drug-likeness (QED) is 0.666. The minimum Gasteiger partial charge on any atom is -0.389 e. The molecule has 0 amide bonds. The fourth-order valence-corrected chi connectivity index (χ4v) is 2.33. The first-order chi connectivity index (χ1) is 7.49. The summed E-state index contributed by atoms with van der Waals surface area (Å²) in [6.07, 6.45) is -0.289. The largest absolute Gasteiger partial charge is 0.389 e. The van der Waals surface area contributed by atoms with Crippen LogP contribution < -0.4 is 4.90 Å². The number of anilines is 1. The topological polar surface area (TPSA) is 66.6 Å². The molecule has 5 nitrogen and oxygen atoms in total. The Labute approximate surface area is 101 Å². The number of halogens is 1. The number of aryl methyl sites for hydroxylation is 1. The van der Waals surface area contributed by atoms with Crippen molar-refractivity contribution < 1.29 is 10.0 Å². The van der Waals surface area contributed by atoms with Crippen LogP contribution in [0.15, 0.2) is 16.6 Å². The van der Waals surface area contributed by atoms with Gasteiger partial charge in [0.15, 0.2) is 0 Å². The molecule has 16 heavy (non-hydrogen) atoms. The molecule has 1 aromatic carbocycles. The van der Waals surface area contributed by atoms with Crippen LogP contribution in [0.1, 0.15) is 5.56 Å². The molecule has 0 unspecified atom stereocenters. The molecule has 0 spiro atoms. The van der Waals surface area contributed by atoms with Crippen LogP contribution in [0.2, 0.25) is 0 Å². The number of nitro groups is 1. The minimum atomic E-state index is -0.394. The summed E-state index contributed by atoms with van der Waals surface area (Å²) in [6.45, 7) is 2.87. The van der Waals surface area contributed by atoms with Gasteiger partial charge >= 0.3 is 0 Å². The van der Waals surface area contributed by atoms with E-state index in [-0.39, 0.29) is 11.8 Å². The Hall–Kier alpha value is -1.14. The van der Waals surface area contributed by atoms with E-state index in [4.69, 9.17) is 0 Å². The summed E-state index contributed by atoms with van der Waals surface area (Å²) in [6, 6.07) is 3.28. The van der Waals surface area contributed by atoms with Gasteiger partial charge in [0.25, 0.3) is 5.69 Å². The van der Waals surface area contributed by atoms with E-state index < -0.39 is 4.92 Å². The average molecular weight is 287 g/mol. The minimum absolute atomic E-state index is 0.108. The Kier molecular flexibility index (Phi) is 2.86. The van der Waals surface area contributed by atoms with E-state index in [1.165, 1.54) is 6.07 Å². The van der Waals surface area contributed by atoms with Crippen LogP contribution in [0.4, 0.5) is 11.4 Å². The number of benzene rings is 1. The van der Waals surface area contributed by atoms with Crippen LogP contribution in [-0.4, -0.2) is 29.2 Å². The standard InChI is InChI=1S/C10H11BrN2O3/c1-6-2-10(12-4-7(14)5-12)8(11)3-9(6)13(15)16/h2-3,7,14H,4-5H2,1H3. The fourth-order valence-electron chi connectivity index (χ4n) is 1.75. The predicted octanol–water partition coefficient (Wildman–Crippen LogP) is 1.85. The van der Waals surface area contributed by atoms with Gasteiger partial charge in [0.05, 0.1) is 16.7 Å². The molecule has 1 aliphatic rings. The van der Waals surface area contributed by atoms with E-state index in [0.29, 0.717) is 23.1 Å². The maximum absolute atomic E-state index is 10.7. The zero-order valence-electron chi connectivity index (χ0n) is 8.68. The third kappa shape index (κ3) is 1.90. The van der Waals surface area contributed by atoms with Crippen molar-refractivity contribution in [1.29, 1.82) is 0 Å². The van der Waals surface area contributed by atoms with Gasteiger partial charge < -0.3 is 10.0 Å². The van der Waals surface area contributed by atoms with Gasteiger partial charge in [0.2, 0.25) is 0 Å². The molecule has 1 aromatic rings. The van der Waals surface area contributed by atoms with E-state index in [1.54, 1.807) is 13.0 Å². The zero-order chi connectivity index (χ0) is 11.9. The summed E-state index contributed by atoms with van der Waals surface area (Å²) in [4.78, 5) is 12.3. The number of aliphatic hydroxyl groups is 1. The van der Waals surface area contributed by atoms with Crippen molar-refractivity contribution in [3.63, 3.8) is 0 Å². The molecule has 86 valence electrons. The van der Waals surface area contributed by atoms with Crippen molar-refractivity contribution in [3.05, 3.63) is 32.3 Å². The van der Waals surface area contributed by atoms with Gasteiger partial charge in [-0.05, 0) is 28.9 Å². The smallest absolute Gasteiger partial charge is 0.273 e. The first-order valence-corrected chi connectivity index (χ1v) is 5.66. The van der Waals surface area contributed by atoms with Gasteiger partial charge in [-0.3, -0.25) is 10.1 Å². The van der Waals surface area contributed by atoms with Crippen LogP contribution in [0.3, 0.4) is 0 Å². The summed E-state index contributed by atoms with van der Waals surface area (Å²) in [5, 5.41) is 19.9. The molecule has 0 bridgehead atoms. The van der Waals surface area contributed by atoms with Gasteiger partial charge in [-0.1, -0.05) is 0 Å². The Balaban J connectivity index is 2.34. The normalized spacial score (nSPS) is 16.1. The van der Waals surface area contributed by atoms with Gasteiger partial charge in [-0.2, -0.15) is 0 Å². The Morgan fingerprint density at radius 3 is 2.69 bits per heavy atom. The van der Waals surface area contributed by atoms with Crippen LogP contribution in [-0.2, 0) is 0 Å². The number of aliphatic hydroxyl groups excluding tert-OH is 1. The third-order valence-corrected chi connectivity index (χ3v) is 3.30. The second-order valence-corrected chi connectivity index (χ2v) is 4.76. The fraction of sp³-hybridized carbons (Fsp3) is 0.400. The highest BCUT2D eigenvalue weighted by molar-refractivity contribution is 9.10. The van der Waals surface area contributed by atoms with Crippen molar-refractivity contribution >= 4 is 27.3 Å². The van der Waals surface area contributed by atoms with Gasteiger partial charge in [-0.25, -0.2) is 0 Å². The molecule has 0 aromatic heterocycles. The van der Waals surface area contributed by atoms with E-state index in [0.717, 1.165) is 5.69 Å². The zero-order valence-corrected chi connectivity index (χ0v) is 10.3. The molecule has 1 aliphatic heterocycles. The van der Waals surface area contributed by atoms with E-state index >= 15 is 0 Å². The summed E-state index contributed by atoms with van der Waals surface area (Å²) in [5.74, 6) is 0. The van der Waals surface area contributed by atoms with Crippen molar-refractivity contribution in [3.8, 4) is 0 Å². The van der Waals surface area contributed by atoms with Gasteiger partial charge in [0, 0.05) is 29.2 Å². The second-order valence-electron chi connectivity index (χ2n) is 3.91.